The van der Waals surface area contributed by atoms with E-state index in [0.29, 0.717) is 18.2 Å². The Morgan fingerprint density at radius 3 is 2.79 bits per heavy atom. The molecule has 0 unspecified atom stereocenters. The Morgan fingerprint density at radius 2 is 2.21 bits per heavy atom. The Kier molecular flexibility index (Phi) is 3.59. The molecule has 6 heteroatoms. The minimum absolute atomic E-state index is 0.0124. The summed E-state index contributed by atoms with van der Waals surface area (Å²) in [5, 5.41) is 9.77. The second kappa shape index (κ2) is 5.03. The highest BCUT2D eigenvalue weighted by Crippen LogP contribution is 2.38. The van der Waals surface area contributed by atoms with Crippen LogP contribution in [0.4, 0.5) is 5.82 Å². The Morgan fingerprint density at radius 1 is 1.53 bits per heavy atom. The molecule has 1 amide bonds. The summed E-state index contributed by atoms with van der Waals surface area (Å²) in [5.74, 6) is 0.786. The van der Waals surface area contributed by atoms with E-state index in [9.17, 15) is 9.59 Å². The van der Waals surface area contributed by atoms with Gasteiger partial charge in [-0.1, -0.05) is 20.8 Å². The third-order valence-electron chi connectivity index (χ3n) is 3.30. The molecular formula is C13H19N3O3. The fraction of sp³-hybridized carbons (Fsp3) is 0.615. The number of carbonyl (C=O) groups excluding carboxylic acids is 2. The molecule has 6 nitrogen and oxygen atoms in total. The van der Waals surface area contributed by atoms with Gasteiger partial charge in [-0.15, -0.1) is 0 Å². The van der Waals surface area contributed by atoms with Crippen molar-refractivity contribution in [2.75, 3.05) is 5.32 Å². The molecule has 1 aliphatic carbocycles. The standard InChI is InChI=1S/C13H19N3O3/c1-13(2,3)12(18)14-11-6-10(15-16-11)8-4-9(5-8)19-7-17/h6-9H,4-5H2,1-3H3,(H2,14,15,16,18). The van der Waals surface area contributed by atoms with Crippen LogP contribution >= 0.6 is 0 Å². The summed E-state index contributed by atoms with van der Waals surface area (Å²) in [4.78, 5) is 22.0. The first kappa shape index (κ1) is 13.6. The summed E-state index contributed by atoms with van der Waals surface area (Å²) >= 11 is 0. The number of nitrogens with zero attached hydrogens (tertiary/aromatic N) is 1. The van der Waals surface area contributed by atoms with Crippen molar-refractivity contribution < 1.29 is 14.3 Å². The van der Waals surface area contributed by atoms with Gasteiger partial charge in [-0.25, -0.2) is 0 Å². The summed E-state index contributed by atoms with van der Waals surface area (Å²) in [6, 6.07) is 1.84. The lowest BCUT2D eigenvalue weighted by Crippen LogP contribution is -2.29. The summed E-state index contributed by atoms with van der Waals surface area (Å²) < 4.78 is 4.86. The van der Waals surface area contributed by atoms with E-state index in [0.717, 1.165) is 18.5 Å². The number of H-pyrrole nitrogens is 1. The van der Waals surface area contributed by atoms with Crippen LogP contribution in [0.1, 0.15) is 45.2 Å². The first-order valence-electron chi connectivity index (χ1n) is 6.36. The molecule has 0 aromatic carbocycles. The van der Waals surface area contributed by atoms with Crippen molar-refractivity contribution in [2.45, 2.75) is 45.6 Å². The van der Waals surface area contributed by atoms with Crippen molar-refractivity contribution in [3.05, 3.63) is 11.8 Å². The largest absolute Gasteiger partial charge is 0.465 e. The van der Waals surface area contributed by atoms with Crippen molar-refractivity contribution in [2.24, 2.45) is 5.41 Å². The number of amides is 1. The van der Waals surface area contributed by atoms with Crippen LogP contribution in [0.25, 0.3) is 0 Å². The Balaban J connectivity index is 1.90. The predicted octanol–water partition coefficient (Wildman–Crippen LogP) is 1.81. The number of anilines is 1. The number of carbonyl (C=O) groups is 2. The average molecular weight is 265 g/mol. The maximum atomic E-state index is 11.8. The number of aromatic amines is 1. The SMILES string of the molecule is CC(C)(C)C(=O)Nc1cc(C2CC(OC=O)C2)[nH]n1. The van der Waals surface area contributed by atoms with Gasteiger partial charge >= 0.3 is 0 Å². The third-order valence-corrected chi connectivity index (χ3v) is 3.30. The quantitative estimate of drug-likeness (QED) is 0.813. The summed E-state index contributed by atoms with van der Waals surface area (Å²) in [5.41, 5.74) is 0.522. The van der Waals surface area contributed by atoms with E-state index in [-0.39, 0.29) is 12.0 Å². The van der Waals surface area contributed by atoms with Crippen LogP contribution in [-0.4, -0.2) is 28.7 Å². The minimum Gasteiger partial charge on any atom is -0.465 e. The highest BCUT2D eigenvalue weighted by Gasteiger charge is 2.33. The van der Waals surface area contributed by atoms with Gasteiger partial charge < -0.3 is 10.1 Å². The summed E-state index contributed by atoms with van der Waals surface area (Å²) in [6.07, 6.45) is 1.61. The van der Waals surface area contributed by atoms with E-state index in [2.05, 4.69) is 15.5 Å². The lowest BCUT2D eigenvalue weighted by molar-refractivity contribution is -0.138. The van der Waals surface area contributed by atoms with Gasteiger partial charge in [-0.05, 0) is 12.8 Å². The number of rotatable bonds is 4. The summed E-state index contributed by atoms with van der Waals surface area (Å²) in [6.45, 7) is 6.04. The zero-order valence-corrected chi connectivity index (χ0v) is 11.4. The Hall–Kier alpha value is -1.85. The molecule has 1 fully saturated rings. The molecule has 1 aromatic heterocycles. The van der Waals surface area contributed by atoms with E-state index < -0.39 is 5.41 Å². The number of hydrogen-bond acceptors (Lipinski definition) is 4. The zero-order chi connectivity index (χ0) is 14.0. The van der Waals surface area contributed by atoms with E-state index in [1.54, 1.807) is 0 Å². The van der Waals surface area contributed by atoms with Crippen molar-refractivity contribution >= 4 is 18.2 Å². The molecule has 1 heterocycles. The molecule has 0 saturated heterocycles. The number of hydrogen-bond donors (Lipinski definition) is 2. The maximum absolute atomic E-state index is 11.8. The van der Waals surface area contributed by atoms with Gasteiger partial charge in [-0.2, -0.15) is 5.10 Å². The molecule has 0 spiro atoms. The number of ether oxygens (including phenoxy) is 1. The van der Waals surface area contributed by atoms with Gasteiger partial charge in [-0.3, -0.25) is 14.7 Å². The lowest BCUT2D eigenvalue weighted by Gasteiger charge is -2.32. The van der Waals surface area contributed by atoms with Crippen molar-refractivity contribution in [1.82, 2.24) is 10.2 Å². The first-order valence-corrected chi connectivity index (χ1v) is 6.36. The highest BCUT2D eigenvalue weighted by molar-refractivity contribution is 5.93. The van der Waals surface area contributed by atoms with Crippen molar-refractivity contribution in [3.63, 3.8) is 0 Å². The van der Waals surface area contributed by atoms with Crippen molar-refractivity contribution in [1.29, 1.82) is 0 Å². The van der Waals surface area contributed by atoms with Crippen LogP contribution in [0.2, 0.25) is 0 Å². The molecule has 0 atom stereocenters. The van der Waals surface area contributed by atoms with E-state index in [4.69, 9.17) is 4.74 Å². The van der Waals surface area contributed by atoms with Crippen LogP contribution in [-0.2, 0) is 14.3 Å². The molecule has 104 valence electrons. The Bertz CT molecular complexity index is 470. The molecule has 1 aliphatic rings. The molecule has 1 saturated carbocycles. The number of aromatic nitrogens is 2. The van der Waals surface area contributed by atoms with Gasteiger partial charge in [0.1, 0.15) is 6.10 Å². The molecular weight excluding hydrogens is 246 g/mol. The van der Waals surface area contributed by atoms with E-state index in [1.165, 1.54) is 0 Å². The molecule has 1 aromatic rings. The predicted molar refractivity (Wildman–Crippen MR) is 69.6 cm³/mol. The molecule has 0 aliphatic heterocycles. The first-order chi connectivity index (χ1) is 8.90. The zero-order valence-electron chi connectivity index (χ0n) is 11.4. The molecule has 2 rings (SSSR count). The lowest BCUT2D eigenvalue weighted by atomic mass is 9.80. The van der Waals surface area contributed by atoms with Crippen LogP contribution < -0.4 is 5.32 Å². The second-order valence-corrected chi connectivity index (χ2v) is 5.94. The summed E-state index contributed by atoms with van der Waals surface area (Å²) in [7, 11) is 0. The topological polar surface area (TPSA) is 84.1 Å². The third kappa shape index (κ3) is 3.13. The average Bonchev–Trinajstić information content (AvgIpc) is 2.69. The Labute approximate surface area is 111 Å². The van der Waals surface area contributed by atoms with Crippen LogP contribution in [0.5, 0.6) is 0 Å². The van der Waals surface area contributed by atoms with Crippen LogP contribution in [0, 0.1) is 5.41 Å². The van der Waals surface area contributed by atoms with Crippen LogP contribution in [0.3, 0.4) is 0 Å². The maximum Gasteiger partial charge on any atom is 0.293 e. The van der Waals surface area contributed by atoms with Crippen LogP contribution in [0.15, 0.2) is 6.07 Å². The molecule has 19 heavy (non-hydrogen) atoms. The molecule has 0 bridgehead atoms. The molecule has 0 radical (unpaired) electrons. The van der Waals surface area contributed by atoms with Gasteiger partial charge in [0.25, 0.3) is 6.47 Å². The van der Waals surface area contributed by atoms with Gasteiger partial charge in [0.05, 0.1) is 0 Å². The van der Waals surface area contributed by atoms with Crippen molar-refractivity contribution in [3.8, 4) is 0 Å². The normalized spacial score (nSPS) is 22.5. The van der Waals surface area contributed by atoms with Gasteiger partial charge in [0.2, 0.25) is 5.91 Å². The minimum atomic E-state index is -0.446. The van der Waals surface area contributed by atoms with Gasteiger partial charge in [0.15, 0.2) is 5.82 Å². The van der Waals surface area contributed by atoms with Gasteiger partial charge in [0, 0.05) is 23.1 Å². The smallest absolute Gasteiger partial charge is 0.293 e. The number of nitrogens with one attached hydrogen (secondary N) is 2. The van der Waals surface area contributed by atoms with E-state index in [1.807, 2.05) is 26.8 Å². The highest BCUT2D eigenvalue weighted by atomic mass is 16.5. The molecule has 2 N–H and O–H groups in total. The second-order valence-electron chi connectivity index (χ2n) is 5.94. The van der Waals surface area contributed by atoms with E-state index >= 15 is 0 Å². The monoisotopic (exact) mass is 265 g/mol. The fourth-order valence-corrected chi connectivity index (χ4v) is 1.92. The fourth-order valence-electron chi connectivity index (χ4n) is 1.92.